The van der Waals surface area contributed by atoms with Crippen LogP contribution in [0.3, 0.4) is 0 Å². The Kier molecular flexibility index (Phi) is 8.42. The van der Waals surface area contributed by atoms with Crippen LogP contribution in [0.25, 0.3) is 0 Å². The zero-order chi connectivity index (χ0) is 18.3. The molecule has 0 unspecified atom stereocenters. The first kappa shape index (κ1) is 21.8. The van der Waals surface area contributed by atoms with Gasteiger partial charge >= 0.3 is 6.18 Å². The molecule has 0 aliphatic rings. The normalized spacial score (nSPS) is 11.5. The second-order valence-electron chi connectivity index (χ2n) is 4.82. The fourth-order valence-corrected chi connectivity index (χ4v) is 1.89. The maximum Gasteiger partial charge on any atom is 0.421 e. The third-order valence-electron chi connectivity index (χ3n) is 3.05. The van der Waals surface area contributed by atoms with Crippen molar-refractivity contribution in [3.63, 3.8) is 0 Å². The van der Waals surface area contributed by atoms with E-state index in [4.69, 9.17) is 15.2 Å². The van der Waals surface area contributed by atoms with Gasteiger partial charge in [0.15, 0.2) is 5.96 Å². The van der Waals surface area contributed by atoms with Crippen LogP contribution in [0.4, 0.5) is 18.9 Å². The fraction of sp³-hybridized carbons (Fsp3) is 0.250. The number of nitrogens with one attached hydrogen (secondary N) is 1. The van der Waals surface area contributed by atoms with E-state index in [0.717, 1.165) is 6.07 Å². The second-order valence-corrected chi connectivity index (χ2v) is 4.82. The number of guanidine groups is 1. The number of nitrogens with two attached hydrogens (primary N) is 1. The minimum Gasteiger partial charge on any atom is -0.497 e. The first-order valence-electron chi connectivity index (χ1n) is 7.26. The fourth-order valence-electron chi connectivity index (χ4n) is 1.89. The van der Waals surface area contributed by atoms with Gasteiger partial charge in [0.2, 0.25) is 5.88 Å². The van der Waals surface area contributed by atoms with Crippen molar-refractivity contribution in [2.75, 3.05) is 25.6 Å². The van der Waals surface area contributed by atoms with Crippen LogP contribution in [0, 0.1) is 0 Å². The van der Waals surface area contributed by atoms with E-state index in [0.29, 0.717) is 11.4 Å². The van der Waals surface area contributed by atoms with Gasteiger partial charge in [-0.2, -0.15) is 13.2 Å². The van der Waals surface area contributed by atoms with E-state index in [-0.39, 0.29) is 43.1 Å². The van der Waals surface area contributed by atoms with E-state index in [1.165, 1.54) is 12.3 Å². The molecule has 0 bridgehead atoms. The first-order chi connectivity index (χ1) is 11.9. The molecule has 2 aromatic rings. The summed E-state index contributed by atoms with van der Waals surface area (Å²) in [5.74, 6) is 0.336. The van der Waals surface area contributed by atoms with Gasteiger partial charge in [-0.15, -0.1) is 24.0 Å². The quantitative estimate of drug-likeness (QED) is 0.285. The third-order valence-corrected chi connectivity index (χ3v) is 3.05. The van der Waals surface area contributed by atoms with Crippen molar-refractivity contribution in [1.82, 2.24) is 4.98 Å². The highest BCUT2D eigenvalue weighted by molar-refractivity contribution is 14.0. The van der Waals surface area contributed by atoms with Crippen molar-refractivity contribution in [2.45, 2.75) is 6.18 Å². The van der Waals surface area contributed by atoms with Crippen LogP contribution < -0.4 is 20.5 Å². The molecule has 0 saturated carbocycles. The number of ether oxygens (including phenoxy) is 2. The van der Waals surface area contributed by atoms with Crippen LogP contribution in [-0.2, 0) is 6.18 Å². The number of pyridine rings is 1. The lowest BCUT2D eigenvalue weighted by Gasteiger charge is -2.12. The van der Waals surface area contributed by atoms with Gasteiger partial charge < -0.3 is 20.5 Å². The number of hydrogen-bond donors (Lipinski definition) is 2. The molecule has 0 radical (unpaired) electrons. The van der Waals surface area contributed by atoms with E-state index < -0.39 is 17.6 Å². The Morgan fingerprint density at radius 1 is 1.23 bits per heavy atom. The largest absolute Gasteiger partial charge is 0.497 e. The number of anilines is 1. The molecule has 0 spiro atoms. The van der Waals surface area contributed by atoms with Gasteiger partial charge in [-0.25, -0.2) is 9.98 Å². The molecule has 0 aliphatic carbocycles. The van der Waals surface area contributed by atoms with Crippen LogP contribution >= 0.6 is 24.0 Å². The number of hydrogen-bond acceptors (Lipinski definition) is 4. The number of rotatable bonds is 6. The monoisotopic (exact) mass is 482 g/mol. The number of aliphatic imine (C=N–C) groups is 1. The average Bonchev–Trinajstić information content (AvgIpc) is 2.59. The summed E-state index contributed by atoms with van der Waals surface area (Å²) in [5.41, 5.74) is 5.48. The molecule has 0 fully saturated rings. The third kappa shape index (κ3) is 6.58. The summed E-state index contributed by atoms with van der Waals surface area (Å²) in [6.07, 6.45) is -3.30. The molecule has 1 aromatic heterocycles. The van der Waals surface area contributed by atoms with Crippen LogP contribution in [0.2, 0.25) is 0 Å². The molecule has 10 heteroatoms. The molecule has 26 heavy (non-hydrogen) atoms. The van der Waals surface area contributed by atoms with Crippen molar-refractivity contribution in [3.05, 3.63) is 48.2 Å². The van der Waals surface area contributed by atoms with E-state index >= 15 is 0 Å². The van der Waals surface area contributed by atoms with Crippen molar-refractivity contribution >= 4 is 35.6 Å². The zero-order valence-electron chi connectivity index (χ0n) is 13.8. The van der Waals surface area contributed by atoms with Gasteiger partial charge in [0.1, 0.15) is 17.9 Å². The average molecular weight is 482 g/mol. The van der Waals surface area contributed by atoms with E-state index in [2.05, 4.69) is 15.3 Å². The predicted octanol–water partition coefficient (Wildman–Crippen LogP) is 3.53. The summed E-state index contributed by atoms with van der Waals surface area (Å²) in [6.45, 7) is -0.0199. The van der Waals surface area contributed by atoms with E-state index in [1.54, 1.807) is 31.4 Å². The van der Waals surface area contributed by atoms with Crippen LogP contribution in [0.5, 0.6) is 11.6 Å². The first-order valence-corrected chi connectivity index (χ1v) is 7.26. The Morgan fingerprint density at radius 2 is 1.92 bits per heavy atom. The van der Waals surface area contributed by atoms with E-state index in [9.17, 15) is 13.2 Å². The molecule has 6 nitrogen and oxygen atoms in total. The molecular formula is C16H18F3IN4O2. The number of benzene rings is 1. The SMILES string of the molecule is COc1ccc(NC(N)=NCCOc2ncccc2C(F)(F)F)cc1.I. The van der Waals surface area contributed by atoms with Gasteiger partial charge in [0, 0.05) is 11.9 Å². The summed E-state index contributed by atoms with van der Waals surface area (Å²) in [4.78, 5) is 7.58. The number of halogens is 4. The van der Waals surface area contributed by atoms with Gasteiger partial charge in [0.05, 0.1) is 13.7 Å². The topological polar surface area (TPSA) is 81.8 Å². The number of aromatic nitrogens is 1. The standard InChI is InChI=1S/C16H17F3N4O2.HI/c1-24-12-6-4-11(5-7-12)23-15(20)22-9-10-25-14-13(16(17,18)19)3-2-8-21-14;/h2-8H,9-10H2,1H3,(H3,20,22,23);1H. The number of methoxy groups -OCH3 is 1. The second kappa shape index (κ2) is 10.0. The highest BCUT2D eigenvalue weighted by Gasteiger charge is 2.34. The molecule has 0 aliphatic heterocycles. The molecule has 0 amide bonds. The summed E-state index contributed by atoms with van der Waals surface area (Å²) >= 11 is 0. The predicted molar refractivity (Wildman–Crippen MR) is 103 cm³/mol. The van der Waals surface area contributed by atoms with Crippen molar-refractivity contribution in [1.29, 1.82) is 0 Å². The summed E-state index contributed by atoms with van der Waals surface area (Å²) < 4.78 is 48.5. The Bertz CT molecular complexity index is 724. The molecule has 0 atom stereocenters. The summed E-state index contributed by atoms with van der Waals surface area (Å²) in [6, 6.07) is 9.11. The summed E-state index contributed by atoms with van der Waals surface area (Å²) in [7, 11) is 1.56. The van der Waals surface area contributed by atoms with Gasteiger partial charge in [-0.1, -0.05) is 0 Å². The van der Waals surface area contributed by atoms with Gasteiger partial charge in [0.25, 0.3) is 0 Å². The molecule has 2 rings (SSSR count). The highest BCUT2D eigenvalue weighted by Crippen LogP contribution is 2.34. The molecule has 0 saturated heterocycles. The number of alkyl halides is 3. The lowest BCUT2D eigenvalue weighted by atomic mass is 10.2. The van der Waals surface area contributed by atoms with E-state index in [1.807, 2.05) is 0 Å². The maximum absolute atomic E-state index is 12.8. The molecule has 1 heterocycles. The van der Waals surface area contributed by atoms with Gasteiger partial charge in [-0.3, -0.25) is 0 Å². The molecular weight excluding hydrogens is 464 g/mol. The number of nitrogens with zero attached hydrogens (tertiary/aromatic N) is 2. The van der Waals surface area contributed by atoms with Crippen molar-refractivity contribution < 1.29 is 22.6 Å². The molecule has 3 N–H and O–H groups in total. The Labute approximate surface area is 165 Å². The lowest BCUT2D eigenvalue weighted by molar-refractivity contribution is -0.139. The van der Waals surface area contributed by atoms with Crippen LogP contribution in [0.15, 0.2) is 47.6 Å². The molecule has 1 aromatic carbocycles. The molecule has 142 valence electrons. The minimum atomic E-state index is -4.53. The highest BCUT2D eigenvalue weighted by atomic mass is 127. The maximum atomic E-state index is 12.8. The van der Waals surface area contributed by atoms with Crippen LogP contribution in [0.1, 0.15) is 5.56 Å². The van der Waals surface area contributed by atoms with Gasteiger partial charge in [-0.05, 0) is 36.4 Å². The zero-order valence-corrected chi connectivity index (χ0v) is 16.1. The summed E-state index contributed by atoms with van der Waals surface area (Å²) in [5, 5.41) is 2.85. The van der Waals surface area contributed by atoms with Crippen molar-refractivity contribution in [3.8, 4) is 11.6 Å². The Hall–Kier alpha value is -2.24. The smallest absolute Gasteiger partial charge is 0.421 e. The van der Waals surface area contributed by atoms with Crippen LogP contribution in [-0.4, -0.2) is 31.2 Å². The lowest BCUT2D eigenvalue weighted by Crippen LogP contribution is -2.23. The minimum absolute atomic E-state index is 0. The Balaban J connectivity index is 0.00000338. The Morgan fingerprint density at radius 3 is 2.54 bits per heavy atom. The van der Waals surface area contributed by atoms with Crippen molar-refractivity contribution in [2.24, 2.45) is 10.7 Å².